The van der Waals surface area contributed by atoms with E-state index < -0.39 is 11.2 Å². The molecule has 1 aromatic heterocycles. The van der Waals surface area contributed by atoms with E-state index in [9.17, 15) is 14.4 Å². The van der Waals surface area contributed by atoms with Crippen LogP contribution >= 0.6 is 0 Å². The highest BCUT2D eigenvalue weighted by atomic mass is 16.5. The van der Waals surface area contributed by atoms with Gasteiger partial charge in [0.05, 0.1) is 26.8 Å². The third-order valence-corrected chi connectivity index (χ3v) is 5.49. The van der Waals surface area contributed by atoms with E-state index in [-0.39, 0.29) is 43.7 Å². The van der Waals surface area contributed by atoms with Crippen LogP contribution in [0.25, 0.3) is 0 Å². The second-order valence-electron chi connectivity index (χ2n) is 7.93. The Labute approximate surface area is 203 Å². The minimum atomic E-state index is -0.650. The lowest BCUT2D eigenvalue weighted by atomic mass is 10.1. The second kappa shape index (κ2) is 12.4. The molecule has 3 rings (SSSR count). The van der Waals surface area contributed by atoms with Crippen LogP contribution in [0.15, 0.2) is 64.2 Å². The molecule has 0 aliphatic rings. The molecule has 4 N–H and O–H groups in total. The van der Waals surface area contributed by atoms with Crippen molar-refractivity contribution in [3.8, 4) is 5.75 Å². The summed E-state index contributed by atoms with van der Waals surface area (Å²) in [6.07, 6.45) is 0.638. The number of aromatic nitrogens is 2. The van der Waals surface area contributed by atoms with E-state index in [0.29, 0.717) is 13.0 Å². The Kier molecular flexibility index (Phi) is 9.08. The van der Waals surface area contributed by atoms with Crippen molar-refractivity contribution in [3.05, 3.63) is 86.6 Å². The number of rotatable bonds is 12. The van der Waals surface area contributed by atoms with Gasteiger partial charge in [0.25, 0.3) is 5.56 Å². The number of ether oxygens (including phenoxy) is 2. The van der Waals surface area contributed by atoms with Gasteiger partial charge in [-0.2, -0.15) is 0 Å². The van der Waals surface area contributed by atoms with Gasteiger partial charge in [-0.3, -0.25) is 19.1 Å². The molecule has 0 saturated carbocycles. The molecule has 1 amide bonds. The number of nitrogen functional groups attached to an aromatic ring is 1. The molecule has 0 saturated heterocycles. The lowest BCUT2D eigenvalue weighted by Gasteiger charge is -2.26. The van der Waals surface area contributed by atoms with Crippen LogP contribution < -0.4 is 31.9 Å². The van der Waals surface area contributed by atoms with Gasteiger partial charge in [-0.25, -0.2) is 4.79 Å². The van der Waals surface area contributed by atoms with Gasteiger partial charge in [-0.15, -0.1) is 0 Å². The first-order valence-electron chi connectivity index (χ1n) is 11.2. The van der Waals surface area contributed by atoms with Crippen LogP contribution in [0.1, 0.15) is 11.1 Å². The molecule has 186 valence electrons. The summed E-state index contributed by atoms with van der Waals surface area (Å²) in [5.74, 6) is 0.477. The van der Waals surface area contributed by atoms with Crippen LogP contribution in [0, 0.1) is 0 Å². The predicted molar refractivity (Wildman–Crippen MR) is 135 cm³/mol. The highest BCUT2D eigenvalue weighted by Crippen LogP contribution is 2.19. The largest absolute Gasteiger partial charge is 0.497 e. The highest BCUT2D eigenvalue weighted by Gasteiger charge is 2.21. The number of carbonyl (C=O) groups excluding carboxylic acids is 1. The van der Waals surface area contributed by atoms with Crippen LogP contribution in [0.2, 0.25) is 0 Å². The van der Waals surface area contributed by atoms with E-state index in [4.69, 9.17) is 15.2 Å². The highest BCUT2D eigenvalue weighted by molar-refractivity contribution is 5.82. The van der Waals surface area contributed by atoms with Crippen LogP contribution in [0.3, 0.4) is 0 Å². The minimum absolute atomic E-state index is 0.0160. The van der Waals surface area contributed by atoms with Crippen molar-refractivity contribution in [1.29, 1.82) is 0 Å². The van der Waals surface area contributed by atoms with Crippen molar-refractivity contribution in [2.75, 3.05) is 44.5 Å². The monoisotopic (exact) mass is 481 g/mol. The van der Waals surface area contributed by atoms with E-state index in [1.54, 1.807) is 12.0 Å². The normalized spacial score (nSPS) is 10.7. The smallest absolute Gasteiger partial charge is 0.330 e. The van der Waals surface area contributed by atoms with E-state index in [0.717, 1.165) is 16.9 Å². The van der Waals surface area contributed by atoms with Gasteiger partial charge in [0, 0.05) is 20.2 Å². The number of nitrogens with two attached hydrogens (primary N) is 1. The van der Waals surface area contributed by atoms with Gasteiger partial charge in [-0.1, -0.05) is 42.5 Å². The Morgan fingerprint density at radius 3 is 2.43 bits per heavy atom. The standard InChI is InChI=1S/C25H31N5O5/c1-34-15-14-30-23(26)22(24(32)28-25(30)33)29(16-19-6-4-3-5-7-19)17-21(31)27-13-12-18-8-10-20(35-2)11-9-18/h3-11H,12-17,26H2,1-2H3,(H,27,31)(H,28,32,33). The molecule has 0 atom stereocenters. The first kappa shape index (κ1) is 25.6. The van der Waals surface area contributed by atoms with Crippen LogP contribution in [0.4, 0.5) is 11.5 Å². The third kappa shape index (κ3) is 6.97. The van der Waals surface area contributed by atoms with Crippen molar-refractivity contribution in [3.63, 3.8) is 0 Å². The number of benzene rings is 2. The molecule has 2 aromatic carbocycles. The number of nitrogens with zero attached hydrogens (tertiary/aromatic N) is 2. The topological polar surface area (TPSA) is 132 Å². The molecule has 10 heteroatoms. The zero-order chi connectivity index (χ0) is 25.2. The van der Waals surface area contributed by atoms with Crippen molar-refractivity contribution in [1.82, 2.24) is 14.9 Å². The SMILES string of the molecule is COCCn1c(N)c(N(CC(=O)NCCc2ccc(OC)cc2)Cc2ccccc2)c(=O)[nH]c1=O. The lowest BCUT2D eigenvalue weighted by Crippen LogP contribution is -2.43. The maximum absolute atomic E-state index is 12.8. The molecule has 0 radical (unpaired) electrons. The van der Waals surface area contributed by atoms with Crippen molar-refractivity contribution in [2.24, 2.45) is 0 Å². The minimum Gasteiger partial charge on any atom is -0.497 e. The zero-order valence-electron chi connectivity index (χ0n) is 20.0. The van der Waals surface area contributed by atoms with Gasteiger partial charge in [0.2, 0.25) is 5.91 Å². The maximum Gasteiger partial charge on any atom is 0.330 e. The van der Waals surface area contributed by atoms with Crippen molar-refractivity contribution in [2.45, 2.75) is 19.5 Å². The fourth-order valence-electron chi connectivity index (χ4n) is 3.67. The summed E-state index contributed by atoms with van der Waals surface area (Å²) < 4.78 is 11.4. The molecule has 0 aliphatic heterocycles. The van der Waals surface area contributed by atoms with E-state index in [1.807, 2.05) is 54.6 Å². The molecule has 10 nitrogen and oxygen atoms in total. The van der Waals surface area contributed by atoms with E-state index in [1.165, 1.54) is 11.7 Å². The summed E-state index contributed by atoms with van der Waals surface area (Å²) in [7, 11) is 3.11. The van der Waals surface area contributed by atoms with Gasteiger partial charge < -0.3 is 25.4 Å². The summed E-state index contributed by atoms with van der Waals surface area (Å²) in [6.45, 7) is 0.956. The van der Waals surface area contributed by atoms with E-state index in [2.05, 4.69) is 10.3 Å². The quantitative estimate of drug-likeness (QED) is 0.353. The lowest BCUT2D eigenvalue weighted by molar-refractivity contribution is -0.119. The molecule has 0 fully saturated rings. The number of hydrogen-bond donors (Lipinski definition) is 3. The van der Waals surface area contributed by atoms with Crippen LogP contribution in [0.5, 0.6) is 5.75 Å². The number of anilines is 2. The molecule has 1 heterocycles. The molecule has 0 spiro atoms. The molecule has 0 aliphatic carbocycles. The fraction of sp³-hybridized carbons (Fsp3) is 0.320. The number of amides is 1. The van der Waals surface area contributed by atoms with Crippen LogP contribution in [-0.4, -0.2) is 49.4 Å². The molecule has 35 heavy (non-hydrogen) atoms. The van der Waals surface area contributed by atoms with Gasteiger partial charge >= 0.3 is 5.69 Å². The molecule has 0 unspecified atom stereocenters. The second-order valence-corrected chi connectivity index (χ2v) is 7.93. The number of carbonyl (C=O) groups is 1. The maximum atomic E-state index is 12.8. The zero-order valence-corrected chi connectivity index (χ0v) is 20.0. The molecule has 0 bridgehead atoms. The Balaban J connectivity index is 1.79. The summed E-state index contributed by atoms with van der Waals surface area (Å²) in [5, 5.41) is 2.89. The molecular formula is C25H31N5O5. The van der Waals surface area contributed by atoms with Crippen molar-refractivity contribution < 1.29 is 14.3 Å². The Morgan fingerprint density at radius 2 is 1.77 bits per heavy atom. The Hall–Kier alpha value is -4.05. The summed E-state index contributed by atoms with van der Waals surface area (Å²) in [5.41, 5.74) is 6.98. The Morgan fingerprint density at radius 1 is 1.06 bits per heavy atom. The van der Waals surface area contributed by atoms with E-state index >= 15 is 0 Å². The predicted octanol–water partition coefficient (Wildman–Crippen LogP) is 1.14. The van der Waals surface area contributed by atoms with Crippen LogP contribution in [-0.2, 0) is 29.0 Å². The first-order chi connectivity index (χ1) is 16.9. The average Bonchev–Trinajstić information content (AvgIpc) is 2.84. The number of methoxy groups -OCH3 is 2. The number of hydrogen-bond acceptors (Lipinski definition) is 7. The average molecular weight is 482 g/mol. The number of nitrogens with one attached hydrogen (secondary N) is 2. The number of aromatic amines is 1. The Bertz CT molecular complexity index is 1220. The van der Waals surface area contributed by atoms with Crippen molar-refractivity contribution >= 4 is 17.4 Å². The summed E-state index contributed by atoms with van der Waals surface area (Å²) in [6, 6.07) is 17.0. The third-order valence-electron chi connectivity index (χ3n) is 5.49. The molecular weight excluding hydrogens is 450 g/mol. The summed E-state index contributed by atoms with van der Waals surface area (Å²) >= 11 is 0. The fourth-order valence-corrected chi connectivity index (χ4v) is 3.67. The first-order valence-corrected chi connectivity index (χ1v) is 11.2. The summed E-state index contributed by atoms with van der Waals surface area (Å²) in [4.78, 5) is 41.8. The number of H-pyrrole nitrogens is 1. The molecule has 3 aromatic rings. The van der Waals surface area contributed by atoms with Gasteiger partial charge in [0.15, 0.2) is 0 Å². The van der Waals surface area contributed by atoms with Gasteiger partial charge in [0.1, 0.15) is 17.3 Å². The van der Waals surface area contributed by atoms with Gasteiger partial charge in [-0.05, 0) is 29.7 Å².